The molecular weight excluding hydrogens is 180 g/mol. The molecule has 0 aromatic carbocycles. The van der Waals surface area contributed by atoms with Crippen LogP contribution in [0.15, 0.2) is 12.7 Å². The van der Waals surface area contributed by atoms with Crippen LogP contribution in [-0.2, 0) is 9.59 Å². The SMILES string of the molecule is C=CC(=O)NC1CN(C(=O)C2CC2)C1. The quantitative estimate of drug-likeness (QED) is 0.638. The second-order valence-corrected chi connectivity index (χ2v) is 3.93. The molecule has 4 nitrogen and oxygen atoms in total. The van der Waals surface area contributed by atoms with Crippen molar-refractivity contribution in [2.45, 2.75) is 18.9 Å². The molecule has 0 radical (unpaired) electrons. The van der Waals surface area contributed by atoms with E-state index in [9.17, 15) is 9.59 Å². The predicted octanol–water partition coefficient (Wildman–Crippen LogP) is -0.0906. The summed E-state index contributed by atoms with van der Waals surface area (Å²) < 4.78 is 0. The molecule has 0 aromatic rings. The van der Waals surface area contributed by atoms with Gasteiger partial charge in [-0.1, -0.05) is 6.58 Å². The largest absolute Gasteiger partial charge is 0.346 e. The Balaban J connectivity index is 1.70. The first-order chi connectivity index (χ1) is 6.70. The van der Waals surface area contributed by atoms with Gasteiger partial charge in [0.2, 0.25) is 11.8 Å². The van der Waals surface area contributed by atoms with Crippen molar-refractivity contribution >= 4 is 11.8 Å². The smallest absolute Gasteiger partial charge is 0.243 e. The van der Waals surface area contributed by atoms with E-state index in [1.807, 2.05) is 4.90 Å². The third-order valence-electron chi connectivity index (χ3n) is 2.65. The summed E-state index contributed by atoms with van der Waals surface area (Å²) in [7, 11) is 0. The van der Waals surface area contributed by atoms with Crippen LogP contribution in [0.25, 0.3) is 0 Å². The Morgan fingerprint density at radius 3 is 2.50 bits per heavy atom. The number of hydrogen-bond donors (Lipinski definition) is 1. The standard InChI is InChI=1S/C10H14N2O2/c1-2-9(13)11-8-5-12(6-8)10(14)7-3-4-7/h2,7-8H,1,3-6H2,(H,11,13). The van der Waals surface area contributed by atoms with Crippen molar-refractivity contribution in [3.63, 3.8) is 0 Å². The van der Waals surface area contributed by atoms with Crippen molar-refractivity contribution in [3.8, 4) is 0 Å². The zero-order chi connectivity index (χ0) is 10.1. The number of carbonyl (C=O) groups is 2. The van der Waals surface area contributed by atoms with Gasteiger partial charge in [-0.25, -0.2) is 0 Å². The molecule has 1 saturated carbocycles. The second kappa shape index (κ2) is 3.44. The molecule has 0 unspecified atom stereocenters. The Morgan fingerprint density at radius 1 is 1.36 bits per heavy atom. The van der Waals surface area contributed by atoms with Gasteiger partial charge in [0.15, 0.2) is 0 Å². The average Bonchev–Trinajstić information content (AvgIpc) is 2.91. The lowest BCUT2D eigenvalue weighted by molar-refractivity contribution is -0.138. The number of nitrogens with one attached hydrogen (secondary N) is 1. The van der Waals surface area contributed by atoms with E-state index in [0.717, 1.165) is 12.8 Å². The van der Waals surface area contributed by atoms with Crippen LogP contribution in [-0.4, -0.2) is 35.8 Å². The lowest BCUT2D eigenvalue weighted by atomic mass is 10.1. The molecule has 14 heavy (non-hydrogen) atoms. The van der Waals surface area contributed by atoms with E-state index in [1.165, 1.54) is 6.08 Å². The predicted molar refractivity (Wildman–Crippen MR) is 51.4 cm³/mol. The molecule has 2 aliphatic rings. The van der Waals surface area contributed by atoms with Crippen molar-refractivity contribution < 1.29 is 9.59 Å². The van der Waals surface area contributed by atoms with Gasteiger partial charge in [0.1, 0.15) is 0 Å². The summed E-state index contributed by atoms with van der Waals surface area (Å²) in [5.74, 6) is 0.383. The van der Waals surface area contributed by atoms with E-state index < -0.39 is 0 Å². The third-order valence-corrected chi connectivity index (χ3v) is 2.65. The molecule has 76 valence electrons. The van der Waals surface area contributed by atoms with Crippen LogP contribution in [0.1, 0.15) is 12.8 Å². The molecule has 0 aromatic heterocycles. The third kappa shape index (κ3) is 1.78. The monoisotopic (exact) mass is 194 g/mol. The summed E-state index contributed by atoms with van der Waals surface area (Å²) in [6.45, 7) is 4.70. The maximum Gasteiger partial charge on any atom is 0.243 e. The van der Waals surface area contributed by atoms with Crippen molar-refractivity contribution in [2.75, 3.05) is 13.1 Å². The summed E-state index contributed by atoms with van der Waals surface area (Å²) >= 11 is 0. The van der Waals surface area contributed by atoms with Gasteiger partial charge in [-0.3, -0.25) is 9.59 Å². The fourth-order valence-corrected chi connectivity index (χ4v) is 1.60. The van der Waals surface area contributed by atoms with Crippen LogP contribution < -0.4 is 5.32 Å². The molecule has 2 rings (SSSR count). The molecule has 0 atom stereocenters. The van der Waals surface area contributed by atoms with Gasteiger partial charge in [0.25, 0.3) is 0 Å². The lowest BCUT2D eigenvalue weighted by Gasteiger charge is -2.39. The van der Waals surface area contributed by atoms with Gasteiger partial charge in [-0.2, -0.15) is 0 Å². The lowest BCUT2D eigenvalue weighted by Crippen LogP contribution is -2.61. The van der Waals surface area contributed by atoms with Gasteiger partial charge in [0.05, 0.1) is 6.04 Å². The topological polar surface area (TPSA) is 49.4 Å². The van der Waals surface area contributed by atoms with Crippen molar-refractivity contribution in [3.05, 3.63) is 12.7 Å². The minimum atomic E-state index is -0.159. The van der Waals surface area contributed by atoms with E-state index in [2.05, 4.69) is 11.9 Å². The van der Waals surface area contributed by atoms with E-state index in [4.69, 9.17) is 0 Å². The number of likely N-dealkylation sites (tertiary alicyclic amines) is 1. The van der Waals surface area contributed by atoms with Gasteiger partial charge < -0.3 is 10.2 Å². The van der Waals surface area contributed by atoms with E-state index in [-0.39, 0.29) is 23.8 Å². The van der Waals surface area contributed by atoms with E-state index >= 15 is 0 Å². The zero-order valence-electron chi connectivity index (χ0n) is 8.03. The Labute approximate surface area is 83.0 Å². The fraction of sp³-hybridized carbons (Fsp3) is 0.600. The molecule has 2 fully saturated rings. The summed E-state index contributed by atoms with van der Waals surface area (Å²) in [6, 6.07) is 0.128. The fourth-order valence-electron chi connectivity index (χ4n) is 1.60. The van der Waals surface area contributed by atoms with Crippen LogP contribution in [0.4, 0.5) is 0 Å². The molecule has 4 heteroatoms. The number of amides is 2. The number of hydrogen-bond acceptors (Lipinski definition) is 2. The molecule has 1 N–H and O–H groups in total. The first-order valence-electron chi connectivity index (χ1n) is 4.92. The maximum atomic E-state index is 11.5. The summed E-state index contributed by atoms with van der Waals surface area (Å²) in [5.41, 5.74) is 0. The van der Waals surface area contributed by atoms with Crippen LogP contribution in [0.3, 0.4) is 0 Å². The highest BCUT2D eigenvalue weighted by atomic mass is 16.2. The first kappa shape index (κ1) is 9.24. The molecule has 1 saturated heterocycles. The van der Waals surface area contributed by atoms with Crippen molar-refractivity contribution in [1.82, 2.24) is 10.2 Å². The molecule has 1 aliphatic carbocycles. The summed E-state index contributed by atoms with van der Waals surface area (Å²) in [4.78, 5) is 24.2. The molecular formula is C10H14N2O2. The maximum absolute atomic E-state index is 11.5. The van der Waals surface area contributed by atoms with Crippen LogP contribution >= 0.6 is 0 Å². The van der Waals surface area contributed by atoms with Crippen LogP contribution in [0, 0.1) is 5.92 Å². The van der Waals surface area contributed by atoms with E-state index in [1.54, 1.807) is 0 Å². The zero-order valence-corrected chi connectivity index (χ0v) is 8.03. The Morgan fingerprint density at radius 2 is 2.00 bits per heavy atom. The summed E-state index contributed by atoms with van der Waals surface area (Å²) in [6.07, 6.45) is 3.34. The normalized spacial score (nSPS) is 21.3. The highest BCUT2D eigenvalue weighted by Gasteiger charge is 2.39. The molecule has 2 amide bonds. The molecule has 1 heterocycles. The van der Waals surface area contributed by atoms with Crippen LogP contribution in [0.5, 0.6) is 0 Å². The average molecular weight is 194 g/mol. The Kier molecular flexibility index (Phi) is 2.27. The van der Waals surface area contributed by atoms with Crippen molar-refractivity contribution in [1.29, 1.82) is 0 Å². The molecule has 1 aliphatic heterocycles. The number of rotatable bonds is 3. The van der Waals surface area contributed by atoms with Gasteiger partial charge in [-0.05, 0) is 18.9 Å². The van der Waals surface area contributed by atoms with Crippen LogP contribution in [0.2, 0.25) is 0 Å². The number of carbonyl (C=O) groups excluding carboxylic acids is 2. The molecule has 0 spiro atoms. The Hall–Kier alpha value is -1.32. The highest BCUT2D eigenvalue weighted by molar-refractivity contribution is 5.87. The summed E-state index contributed by atoms with van der Waals surface area (Å²) in [5, 5.41) is 2.76. The second-order valence-electron chi connectivity index (χ2n) is 3.93. The highest BCUT2D eigenvalue weighted by Crippen LogP contribution is 2.32. The van der Waals surface area contributed by atoms with E-state index in [0.29, 0.717) is 13.1 Å². The minimum absolute atomic E-state index is 0.128. The van der Waals surface area contributed by atoms with Gasteiger partial charge >= 0.3 is 0 Å². The molecule has 0 bridgehead atoms. The van der Waals surface area contributed by atoms with Crippen molar-refractivity contribution in [2.24, 2.45) is 5.92 Å². The minimum Gasteiger partial charge on any atom is -0.346 e. The van der Waals surface area contributed by atoms with Gasteiger partial charge in [-0.15, -0.1) is 0 Å². The number of nitrogens with zero attached hydrogens (tertiary/aromatic N) is 1. The van der Waals surface area contributed by atoms with Gasteiger partial charge in [0, 0.05) is 19.0 Å². The first-order valence-corrected chi connectivity index (χ1v) is 4.92. The Bertz CT molecular complexity index is 278.